The third-order valence-electron chi connectivity index (χ3n) is 9.10. The van der Waals surface area contributed by atoms with Crippen LogP contribution >= 0.6 is 0 Å². The van der Waals surface area contributed by atoms with Crippen molar-refractivity contribution < 1.29 is 23.2 Å². The van der Waals surface area contributed by atoms with Crippen LogP contribution in [-0.4, -0.2) is 41.8 Å². The van der Waals surface area contributed by atoms with E-state index in [1.807, 2.05) is 41.5 Å². The van der Waals surface area contributed by atoms with E-state index in [0.717, 1.165) is 18.9 Å². The zero-order valence-corrected chi connectivity index (χ0v) is 31.5. The Bertz CT molecular complexity index is 1180. The number of hydrogen-bond acceptors (Lipinski definition) is 5. The maximum Gasteiger partial charge on any atom is 0.311 e. The molecule has 1 aliphatic carbocycles. The summed E-state index contributed by atoms with van der Waals surface area (Å²) in [4.78, 5) is 25.7. The lowest BCUT2D eigenvalue weighted by Crippen LogP contribution is -2.70. The number of esters is 2. The maximum absolute atomic E-state index is 12.8. The van der Waals surface area contributed by atoms with Crippen LogP contribution in [0.3, 0.4) is 0 Å². The minimum absolute atomic E-state index is 0.0899. The van der Waals surface area contributed by atoms with E-state index in [4.69, 9.17) is 13.6 Å². The van der Waals surface area contributed by atoms with Gasteiger partial charge in [0.15, 0.2) is 8.32 Å². The van der Waals surface area contributed by atoms with Crippen molar-refractivity contribution in [2.75, 3.05) is 13.2 Å². The summed E-state index contributed by atoms with van der Waals surface area (Å²) in [6.45, 7) is 25.8. The Morgan fingerprint density at radius 3 is 1.50 bits per heavy atom. The minimum atomic E-state index is -2.69. The Kier molecular flexibility index (Phi) is 10.9. The molecule has 5 nitrogen and oxygen atoms in total. The standard InChI is InChI=1S/C37H58O5Si2/c1-28-23-37(26-40-32(38)34(2,3)4,27-41-33(39)35(5,6)7)24-29(28)25-43(11,12)42-44(36(8,9)10,30-19-15-13-16-20-30)31-21-17-14-18-22-31/h13-22,28-29H,23-27H2,1-12H3/t28-,29+/m0/s1. The summed E-state index contributed by atoms with van der Waals surface area (Å²) in [6.07, 6.45) is 1.68. The molecule has 2 aromatic carbocycles. The van der Waals surface area contributed by atoms with Crippen molar-refractivity contribution in [3.63, 3.8) is 0 Å². The Labute approximate surface area is 269 Å². The topological polar surface area (TPSA) is 61.8 Å². The predicted octanol–water partition coefficient (Wildman–Crippen LogP) is 7.98. The first-order valence-corrected chi connectivity index (χ1v) is 21.3. The summed E-state index contributed by atoms with van der Waals surface area (Å²) in [7, 11) is -4.98. The van der Waals surface area contributed by atoms with Gasteiger partial charge in [0.05, 0.1) is 10.8 Å². The van der Waals surface area contributed by atoms with Gasteiger partial charge in [-0.2, -0.15) is 0 Å². The van der Waals surface area contributed by atoms with Gasteiger partial charge in [0.25, 0.3) is 8.32 Å². The molecular weight excluding hydrogens is 581 g/mol. The SMILES string of the molecule is C[C@H]1CC(COC(=O)C(C)(C)C)(COC(=O)C(C)(C)C)C[C@@H]1C[Si](C)(C)O[Si](c1ccccc1)(c1ccccc1)C(C)(C)C. The lowest BCUT2D eigenvalue weighted by molar-refractivity contribution is -0.164. The first kappa shape index (κ1) is 36.2. The normalized spacial score (nSPS) is 19.5. The van der Waals surface area contributed by atoms with Gasteiger partial charge in [-0.1, -0.05) is 88.4 Å². The molecule has 0 amide bonds. The molecule has 0 unspecified atom stereocenters. The summed E-state index contributed by atoms with van der Waals surface area (Å²) in [6, 6.07) is 22.7. The highest BCUT2D eigenvalue weighted by atomic mass is 28.4. The van der Waals surface area contributed by atoms with Gasteiger partial charge in [0.2, 0.25) is 0 Å². The van der Waals surface area contributed by atoms with E-state index >= 15 is 0 Å². The Balaban J connectivity index is 1.94. The van der Waals surface area contributed by atoms with Gasteiger partial charge in [0.1, 0.15) is 13.2 Å². The van der Waals surface area contributed by atoms with E-state index in [-0.39, 0.29) is 30.2 Å². The molecule has 0 spiro atoms. The summed E-state index contributed by atoms with van der Waals surface area (Å²) < 4.78 is 19.6. The van der Waals surface area contributed by atoms with E-state index in [1.165, 1.54) is 10.4 Å². The molecule has 2 atom stereocenters. The van der Waals surface area contributed by atoms with Gasteiger partial charge < -0.3 is 13.6 Å². The first-order chi connectivity index (χ1) is 20.1. The quantitative estimate of drug-likeness (QED) is 0.195. The number of ether oxygens (including phenoxy) is 2. The van der Waals surface area contributed by atoms with Crippen LogP contribution in [-0.2, 0) is 23.2 Å². The fraction of sp³-hybridized carbons (Fsp3) is 0.622. The molecule has 244 valence electrons. The van der Waals surface area contributed by atoms with Gasteiger partial charge in [0, 0.05) is 5.41 Å². The highest BCUT2D eigenvalue weighted by Gasteiger charge is 2.54. The molecule has 0 radical (unpaired) electrons. The second-order valence-corrected chi connectivity index (χ2v) is 25.8. The average Bonchev–Trinajstić information content (AvgIpc) is 3.22. The molecule has 0 bridgehead atoms. The summed E-state index contributed by atoms with van der Waals surface area (Å²) in [5.41, 5.74) is -1.59. The second-order valence-electron chi connectivity index (χ2n) is 17.0. The molecule has 0 saturated heterocycles. The molecule has 1 saturated carbocycles. The molecule has 1 fully saturated rings. The van der Waals surface area contributed by atoms with Crippen molar-refractivity contribution in [2.24, 2.45) is 28.1 Å². The molecule has 7 heteroatoms. The average molecular weight is 639 g/mol. The van der Waals surface area contributed by atoms with Crippen LogP contribution in [0, 0.1) is 28.1 Å². The van der Waals surface area contributed by atoms with Gasteiger partial charge in [-0.25, -0.2) is 0 Å². The molecule has 2 aromatic rings. The van der Waals surface area contributed by atoms with Crippen molar-refractivity contribution in [3.05, 3.63) is 60.7 Å². The fourth-order valence-corrected chi connectivity index (χ4v) is 17.9. The maximum atomic E-state index is 12.8. The molecule has 3 rings (SSSR count). The number of rotatable bonds is 10. The van der Waals surface area contributed by atoms with E-state index < -0.39 is 32.9 Å². The number of carbonyl (C=O) groups excluding carboxylic acids is 2. The Hall–Kier alpha value is -2.23. The van der Waals surface area contributed by atoms with Crippen molar-refractivity contribution in [2.45, 2.75) is 106 Å². The fourth-order valence-electron chi connectivity index (χ4n) is 6.85. The zero-order valence-electron chi connectivity index (χ0n) is 29.5. The van der Waals surface area contributed by atoms with Gasteiger partial charge in [-0.15, -0.1) is 0 Å². The van der Waals surface area contributed by atoms with E-state index in [2.05, 4.69) is 101 Å². The second kappa shape index (κ2) is 13.2. The third kappa shape index (κ3) is 8.52. The monoisotopic (exact) mass is 638 g/mol. The molecule has 0 N–H and O–H groups in total. The smallest absolute Gasteiger partial charge is 0.311 e. The van der Waals surface area contributed by atoms with Crippen LogP contribution in [0.25, 0.3) is 0 Å². The highest BCUT2D eigenvalue weighted by Crippen LogP contribution is 2.50. The number of benzene rings is 2. The zero-order chi connectivity index (χ0) is 33.2. The van der Waals surface area contributed by atoms with Gasteiger partial charge in [-0.3, -0.25) is 9.59 Å². The largest absolute Gasteiger partial charge is 0.465 e. The Morgan fingerprint density at radius 1 is 0.727 bits per heavy atom. The van der Waals surface area contributed by atoms with Crippen molar-refractivity contribution in [1.29, 1.82) is 0 Å². The van der Waals surface area contributed by atoms with Crippen molar-refractivity contribution >= 4 is 38.9 Å². The van der Waals surface area contributed by atoms with E-state index in [9.17, 15) is 9.59 Å². The number of hydrogen-bond donors (Lipinski definition) is 0. The lowest BCUT2D eigenvalue weighted by Gasteiger charge is -2.48. The molecule has 0 heterocycles. The molecule has 0 aromatic heterocycles. The molecular formula is C37H58O5Si2. The molecule has 0 aliphatic heterocycles. The van der Waals surface area contributed by atoms with E-state index in [0.29, 0.717) is 11.8 Å². The van der Waals surface area contributed by atoms with Crippen LogP contribution in [0.5, 0.6) is 0 Å². The molecule has 1 aliphatic rings. The summed E-state index contributed by atoms with van der Waals surface area (Å²) >= 11 is 0. The minimum Gasteiger partial charge on any atom is -0.465 e. The Morgan fingerprint density at radius 2 is 1.14 bits per heavy atom. The van der Waals surface area contributed by atoms with Crippen LogP contribution in [0.4, 0.5) is 0 Å². The predicted molar refractivity (Wildman–Crippen MR) is 186 cm³/mol. The highest BCUT2D eigenvalue weighted by molar-refractivity contribution is 7.04. The van der Waals surface area contributed by atoms with Crippen molar-refractivity contribution in [3.8, 4) is 0 Å². The van der Waals surface area contributed by atoms with Gasteiger partial charge >= 0.3 is 11.9 Å². The summed E-state index contributed by atoms with van der Waals surface area (Å²) in [5.74, 6) is 0.308. The lowest BCUT2D eigenvalue weighted by atomic mass is 9.86. The molecule has 44 heavy (non-hydrogen) atoms. The van der Waals surface area contributed by atoms with Crippen LogP contribution in [0.1, 0.15) is 82.1 Å². The van der Waals surface area contributed by atoms with Crippen LogP contribution in [0.2, 0.25) is 24.2 Å². The van der Waals surface area contributed by atoms with Crippen molar-refractivity contribution in [1.82, 2.24) is 0 Å². The van der Waals surface area contributed by atoms with Crippen LogP contribution in [0.15, 0.2) is 60.7 Å². The first-order valence-electron chi connectivity index (χ1n) is 16.3. The van der Waals surface area contributed by atoms with E-state index in [1.54, 1.807) is 0 Å². The van der Waals surface area contributed by atoms with Crippen LogP contribution < -0.4 is 10.4 Å². The van der Waals surface area contributed by atoms with Gasteiger partial charge in [-0.05, 0) is 101 Å². The third-order valence-corrected chi connectivity index (χ3v) is 18.4. The number of carbonyl (C=O) groups is 2. The summed E-state index contributed by atoms with van der Waals surface area (Å²) in [5, 5.41) is 2.51.